The quantitative estimate of drug-likeness (QED) is 0.890. The van der Waals surface area contributed by atoms with Gasteiger partial charge in [0.25, 0.3) is 0 Å². The summed E-state index contributed by atoms with van der Waals surface area (Å²) in [6, 6.07) is 5.87. The predicted octanol–water partition coefficient (Wildman–Crippen LogP) is 3.61. The van der Waals surface area contributed by atoms with Gasteiger partial charge in [-0.1, -0.05) is 35.7 Å². The summed E-state index contributed by atoms with van der Waals surface area (Å²) < 4.78 is 5.72. The zero-order valence-corrected chi connectivity index (χ0v) is 13.7. The van der Waals surface area contributed by atoms with Gasteiger partial charge in [0.1, 0.15) is 6.61 Å². The Morgan fingerprint density at radius 3 is 2.60 bits per heavy atom. The summed E-state index contributed by atoms with van der Waals surface area (Å²) in [6.45, 7) is 3.26. The van der Waals surface area contributed by atoms with E-state index in [2.05, 4.69) is 4.90 Å². The standard InChI is InChI=1S/C14H20Cl2N2O.ClH/c15-12-5-3-6-13(16)14(12)19-9-8-18-7-2-1-4-11(18)10-17;/h3,5-6,11H,1-2,4,7-10,17H2;1H. The van der Waals surface area contributed by atoms with E-state index in [1.807, 2.05) is 6.07 Å². The second kappa shape index (κ2) is 8.96. The number of ether oxygens (including phenoxy) is 1. The lowest BCUT2D eigenvalue weighted by Gasteiger charge is -2.34. The second-order valence-corrected chi connectivity index (χ2v) is 5.63. The molecule has 1 aliphatic heterocycles. The van der Waals surface area contributed by atoms with E-state index >= 15 is 0 Å². The fourth-order valence-electron chi connectivity index (χ4n) is 2.51. The van der Waals surface area contributed by atoms with Crippen molar-refractivity contribution in [2.24, 2.45) is 5.73 Å². The van der Waals surface area contributed by atoms with E-state index in [0.717, 1.165) is 13.1 Å². The van der Waals surface area contributed by atoms with Gasteiger partial charge in [-0.05, 0) is 31.5 Å². The first kappa shape index (κ1) is 17.9. The Kier molecular flexibility index (Phi) is 8.00. The van der Waals surface area contributed by atoms with E-state index < -0.39 is 0 Å². The Morgan fingerprint density at radius 1 is 1.25 bits per heavy atom. The van der Waals surface area contributed by atoms with Crippen molar-refractivity contribution in [3.8, 4) is 5.75 Å². The van der Waals surface area contributed by atoms with Crippen LogP contribution >= 0.6 is 35.6 Å². The van der Waals surface area contributed by atoms with Crippen molar-refractivity contribution < 1.29 is 4.74 Å². The lowest BCUT2D eigenvalue weighted by molar-refractivity contribution is 0.127. The van der Waals surface area contributed by atoms with Crippen LogP contribution in [0.4, 0.5) is 0 Å². The zero-order chi connectivity index (χ0) is 13.7. The smallest absolute Gasteiger partial charge is 0.156 e. The highest BCUT2D eigenvalue weighted by molar-refractivity contribution is 6.37. The van der Waals surface area contributed by atoms with Gasteiger partial charge in [-0.25, -0.2) is 0 Å². The molecule has 20 heavy (non-hydrogen) atoms. The van der Waals surface area contributed by atoms with Crippen molar-refractivity contribution in [1.29, 1.82) is 0 Å². The first-order chi connectivity index (χ1) is 9.22. The highest BCUT2D eigenvalue weighted by atomic mass is 35.5. The normalized spacial score (nSPS) is 19.4. The third-order valence-electron chi connectivity index (χ3n) is 3.56. The molecule has 1 aromatic rings. The van der Waals surface area contributed by atoms with Crippen molar-refractivity contribution in [1.82, 2.24) is 4.90 Å². The molecule has 2 N–H and O–H groups in total. The highest BCUT2D eigenvalue weighted by Gasteiger charge is 2.20. The maximum Gasteiger partial charge on any atom is 0.156 e. The third kappa shape index (κ3) is 4.68. The topological polar surface area (TPSA) is 38.5 Å². The van der Waals surface area contributed by atoms with Crippen LogP contribution in [0.15, 0.2) is 18.2 Å². The number of hydrogen-bond donors (Lipinski definition) is 1. The van der Waals surface area contributed by atoms with E-state index in [1.165, 1.54) is 19.3 Å². The van der Waals surface area contributed by atoms with Gasteiger partial charge in [0, 0.05) is 19.1 Å². The molecule has 0 aliphatic carbocycles. The number of para-hydroxylation sites is 1. The fourth-order valence-corrected chi connectivity index (χ4v) is 3.01. The SMILES string of the molecule is Cl.NCC1CCCCN1CCOc1c(Cl)cccc1Cl. The average molecular weight is 340 g/mol. The molecule has 1 fully saturated rings. The van der Waals surface area contributed by atoms with Gasteiger partial charge in [-0.2, -0.15) is 0 Å². The van der Waals surface area contributed by atoms with Crippen LogP contribution < -0.4 is 10.5 Å². The highest BCUT2D eigenvalue weighted by Crippen LogP contribution is 2.32. The first-order valence-corrected chi connectivity index (χ1v) is 7.49. The minimum atomic E-state index is 0. The number of likely N-dealkylation sites (tertiary alicyclic amines) is 1. The van der Waals surface area contributed by atoms with E-state index in [9.17, 15) is 0 Å². The molecule has 0 spiro atoms. The first-order valence-electron chi connectivity index (χ1n) is 6.73. The Balaban J connectivity index is 0.00000200. The molecule has 1 heterocycles. The van der Waals surface area contributed by atoms with Crippen LogP contribution in [-0.4, -0.2) is 37.2 Å². The number of benzene rings is 1. The van der Waals surface area contributed by atoms with Crippen LogP contribution in [0.3, 0.4) is 0 Å². The molecule has 1 saturated heterocycles. The van der Waals surface area contributed by atoms with Crippen molar-refractivity contribution >= 4 is 35.6 Å². The van der Waals surface area contributed by atoms with Gasteiger partial charge in [0.2, 0.25) is 0 Å². The van der Waals surface area contributed by atoms with Crippen LogP contribution in [0, 0.1) is 0 Å². The molecule has 0 aromatic heterocycles. The molecule has 0 saturated carbocycles. The van der Waals surface area contributed by atoms with Crippen LogP contribution in [0.5, 0.6) is 5.75 Å². The Labute approximate surface area is 136 Å². The molecular weight excluding hydrogens is 319 g/mol. The Bertz CT molecular complexity index is 397. The summed E-state index contributed by atoms with van der Waals surface area (Å²) in [4.78, 5) is 2.40. The lowest BCUT2D eigenvalue weighted by Crippen LogP contribution is -2.45. The molecule has 1 aromatic carbocycles. The molecular formula is C14H21Cl3N2O. The van der Waals surface area contributed by atoms with E-state index in [0.29, 0.717) is 35.0 Å². The third-order valence-corrected chi connectivity index (χ3v) is 4.16. The maximum absolute atomic E-state index is 6.06. The van der Waals surface area contributed by atoms with Crippen molar-refractivity contribution in [2.75, 3.05) is 26.2 Å². The van der Waals surface area contributed by atoms with Gasteiger partial charge >= 0.3 is 0 Å². The molecule has 2 rings (SSSR count). The number of nitrogens with two attached hydrogens (primary N) is 1. The largest absolute Gasteiger partial charge is 0.489 e. The molecule has 1 atom stereocenters. The monoisotopic (exact) mass is 338 g/mol. The Hall–Kier alpha value is -0.190. The molecule has 3 nitrogen and oxygen atoms in total. The molecule has 0 amide bonds. The average Bonchev–Trinajstić information content (AvgIpc) is 2.42. The Morgan fingerprint density at radius 2 is 1.95 bits per heavy atom. The lowest BCUT2D eigenvalue weighted by atomic mass is 10.0. The summed E-state index contributed by atoms with van der Waals surface area (Å²) in [5.41, 5.74) is 5.80. The maximum atomic E-state index is 6.06. The van der Waals surface area contributed by atoms with Gasteiger partial charge in [-0.3, -0.25) is 4.90 Å². The minimum Gasteiger partial charge on any atom is -0.489 e. The predicted molar refractivity (Wildman–Crippen MR) is 87.5 cm³/mol. The van der Waals surface area contributed by atoms with Gasteiger partial charge < -0.3 is 10.5 Å². The number of halogens is 3. The van der Waals surface area contributed by atoms with E-state index in [-0.39, 0.29) is 12.4 Å². The van der Waals surface area contributed by atoms with E-state index in [4.69, 9.17) is 33.7 Å². The summed E-state index contributed by atoms with van der Waals surface area (Å²) in [6.07, 6.45) is 3.70. The van der Waals surface area contributed by atoms with Crippen LogP contribution in [0.25, 0.3) is 0 Å². The fraction of sp³-hybridized carbons (Fsp3) is 0.571. The number of piperidine rings is 1. The van der Waals surface area contributed by atoms with Crippen molar-refractivity contribution in [2.45, 2.75) is 25.3 Å². The van der Waals surface area contributed by atoms with Crippen molar-refractivity contribution in [3.05, 3.63) is 28.2 Å². The van der Waals surface area contributed by atoms with Gasteiger partial charge in [-0.15, -0.1) is 12.4 Å². The number of rotatable bonds is 5. The van der Waals surface area contributed by atoms with Gasteiger partial charge in [0.15, 0.2) is 5.75 Å². The molecule has 0 radical (unpaired) electrons. The van der Waals surface area contributed by atoms with Crippen molar-refractivity contribution in [3.63, 3.8) is 0 Å². The number of nitrogens with zero attached hydrogens (tertiary/aromatic N) is 1. The van der Waals surface area contributed by atoms with Crippen LogP contribution in [0.1, 0.15) is 19.3 Å². The molecule has 1 unspecified atom stereocenters. The number of hydrogen-bond acceptors (Lipinski definition) is 3. The van der Waals surface area contributed by atoms with Crippen LogP contribution in [-0.2, 0) is 0 Å². The summed E-state index contributed by atoms with van der Waals surface area (Å²) in [5.74, 6) is 0.576. The molecule has 0 bridgehead atoms. The molecule has 6 heteroatoms. The zero-order valence-electron chi connectivity index (χ0n) is 11.4. The molecule has 1 aliphatic rings. The summed E-state index contributed by atoms with van der Waals surface area (Å²) >= 11 is 12.1. The second-order valence-electron chi connectivity index (χ2n) is 4.82. The van der Waals surface area contributed by atoms with Crippen LogP contribution in [0.2, 0.25) is 10.0 Å². The molecule has 114 valence electrons. The minimum absolute atomic E-state index is 0. The van der Waals surface area contributed by atoms with E-state index in [1.54, 1.807) is 12.1 Å². The summed E-state index contributed by atoms with van der Waals surface area (Å²) in [7, 11) is 0. The summed E-state index contributed by atoms with van der Waals surface area (Å²) in [5, 5.41) is 1.11. The van der Waals surface area contributed by atoms with Gasteiger partial charge in [0.05, 0.1) is 10.0 Å².